The number of hydrogen-bond acceptors (Lipinski definition) is 6. The van der Waals surface area contributed by atoms with Gasteiger partial charge in [0.25, 0.3) is 0 Å². The third-order valence-corrected chi connectivity index (χ3v) is 1.53. The second kappa shape index (κ2) is 7.41. The second-order valence-corrected chi connectivity index (χ2v) is 2.35. The highest BCUT2D eigenvalue weighted by molar-refractivity contribution is 4.51. The van der Waals surface area contributed by atoms with Crippen molar-refractivity contribution in [3.8, 4) is 0 Å². The van der Waals surface area contributed by atoms with Crippen molar-refractivity contribution in [1.29, 1.82) is 0 Å². The first-order valence-electron chi connectivity index (χ1n) is 3.66. The Balaban J connectivity index is 3.49. The largest absolute Gasteiger partial charge is 0.381 e. The van der Waals surface area contributed by atoms with Crippen LogP contribution in [0, 0.1) is 0 Å². The zero-order valence-electron chi connectivity index (χ0n) is 6.93. The Bertz CT molecular complexity index is 83.5. The van der Waals surface area contributed by atoms with Gasteiger partial charge >= 0.3 is 0 Å². The molecular weight excluding hydrogens is 164 g/mol. The van der Waals surface area contributed by atoms with E-state index in [0.29, 0.717) is 13.1 Å². The second-order valence-electron chi connectivity index (χ2n) is 2.35. The molecule has 0 aromatic carbocycles. The highest BCUT2D eigenvalue weighted by Crippen LogP contribution is 1.87. The number of rotatable bonds is 7. The van der Waals surface area contributed by atoms with Crippen molar-refractivity contribution in [3.05, 3.63) is 0 Å². The van der Waals surface area contributed by atoms with Crippen LogP contribution >= 0.6 is 0 Å². The first kappa shape index (κ1) is 11.8. The first-order chi connectivity index (χ1) is 5.78. The molecule has 0 spiro atoms. The van der Waals surface area contributed by atoms with Crippen LogP contribution in [-0.2, 0) is 0 Å². The van der Waals surface area contributed by atoms with Gasteiger partial charge in [-0.05, 0) is 0 Å². The van der Waals surface area contributed by atoms with Crippen LogP contribution in [0.4, 0.5) is 0 Å². The molecule has 0 unspecified atom stereocenters. The Kier molecular flexibility index (Phi) is 7.26. The Morgan fingerprint density at radius 1 is 0.583 bits per heavy atom. The smallest absolute Gasteiger partial charge is 0.0974 e. The van der Waals surface area contributed by atoms with Crippen molar-refractivity contribution < 1.29 is 20.4 Å². The summed E-state index contributed by atoms with van der Waals surface area (Å²) >= 11 is 0. The molecule has 0 rings (SSSR count). The fourth-order valence-corrected chi connectivity index (χ4v) is 0.655. The molecule has 4 N–H and O–H groups in total. The van der Waals surface area contributed by atoms with E-state index >= 15 is 0 Å². The summed E-state index contributed by atoms with van der Waals surface area (Å²) < 4.78 is 0. The average molecular weight is 180 g/mol. The standard InChI is InChI=1S/C6H16N2O4/c9-3-7(4-10)1-2-8(5-11)6-12/h9-12H,1-6H2. The molecule has 74 valence electrons. The topological polar surface area (TPSA) is 87.4 Å². The normalized spacial score (nSPS) is 11.5. The molecule has 0 aliphatic rings. The summed E-state index contributed by atoms with van der Waals surface area (Å²) in [5.41, 5.74) is 0. The lowest BCUT2D eigenvalue weighted by atomic mass is 10.5. The van der Waals surface area contributed by atoms with Crippen LogP contribution in [0.2, 0.25) is 0 Å². The molecule has 6 nitrogen and oxygen atoms in total. The highest BCUT2D eigenvalue weighted by atomic mass is 16.3. The summed E-state index contributed by atoms with van der Waals surface area (Å²) in [6.07, 6.45) is 0. The maximum Gasteiger partial charge on any atom is 0.0974 e. The molecule has 0 amide bonds. The maximum absolute atomic E-state index is 8.61. The molecule has 0 radical (unpaired) electrons. The predicted octanol–water partition coefficient (Wildman–Crippen LogP) is -2.61. The molecule has 0 aromatic heterocycles. The summed E-state index contributed by atoms with van der Waals surface area (Å²) in [5.74, 6) is 0. The van der Waals surface area contributed by atoms with Gasteiger partial charge in [-0.3, -0.25) is 9.80 Å². The fraction of sp³-hybridized carbons (Fsp3) is 1.00. The van der Waals surface area contributed by atoms with Gasteiger partial charge in [-0.25, -0.2) is 0 Å². The van der Waals surface area contributed by atoms with E-state index in [1.807, 2.05) is 0 Å². The molecule has 0 heterocycles. The summed E-state index contributed by atoms with van der Waals surface area (Å²) in [7, 11) is 0. The molecule has 0 saturated carbocycles. The van der Waals surface area contributed by atoms with E-state index in [4.69, 9.17) is 20.4 Å². The number of aliphatic hydroxyl groups is 4. The minimum absolute atomic E-state index is 0.235. The lowest BCUT2D eigenvalue weighted by molar-refractivity contribution is -0.00837. The molecule has 0 saturated heterocycles. The molecule has 12 heavy (non-hydrogen) atoms. The fourth-order valence-electron chi connectivity index (χ4n) is 0.655. The summed E-state index contributed by atoms with van der Waals surface area (Å²) in [5, 5.41) is 34.4. The van der Waals surface area contributed by atoms with Crippen LogP contribution in [0.1, 0.15) is 0 Å². The van der Waals surface area contributed by atoms with E-state index in [9.17, 15) is 0 Å². The van der Waals surface area contributed by atoms with Gasteiger partial charge in [-0.15, -0.1) is 0 Å². The van der Waals surface area contributed by atoms with E-state index in [-0.39, 0.29) is 26.9 Å². The minimum Gasteiger partial charge on any atom is -0.381 e. The Morgan fingerprint density at radius 2 is 0.833 bits per heavy atom. The van der Waals surface area contributed by atoms with Crippen LogP contribution < -0.4 is 0 Å². The van der Waals surface area contributed by atoms with Gasteiger partial charge in [0.1, 0.15) is 0 Å². The third-order valence-electron chi connectivity index (χ3n) is 1.53. The summed E-state index contributed by atoms with van der Waals surface area (Å²) in [6, 6.07) is 0. The molecule has 0 bridgehead atoms. The van der Waals surface area contributed by atoms with Crippen LogP contribution in [0.25, 0.3) is 0 Å². The molecular formula is C6H16N2O4. The first-order valence-corrected chi connectivity index (χ1v) is 3.66. The monoisotopic (exact) mass is 180 g/mol. The zero-order valence-corrected chi connectivity index (χ0v) is 6.93. The van der Waals surface area contributed by atoms with Gasteiger partial charge in [-0.2, -0.15) is 0 Å². The van der Waals surface area contributed by atoms with E-state index in [1.165, 1.54) is 9.80 Å². The van der Waals surface area contributed by atoms with Crippen molar-refractivity contribution in [1.82, 2.24) is 9.80 Å². The quantitative estimate of drug-likeness (QED) is 0.321. The zero-order chi connectivity index (χ0) is 9.40. The molecule has 6 heteroatoms. The Hall–Kier alpha value is -0.240. The van der Waals surface area contributed by atoms with Crippen LogP contribution in [0.3, 0.4) is 0 Å². The molecule has 0 aromatic rings. The van der Waals surface area contributed by atoms with Crippen LogP contribution in [0.15, 0.2) is 0 Å². The molecule has 0 aliphatic carbocycles. The lowest BCUT2D eigenvalue weighted by Gasteiger charge is -2.21. The van der Waals surface area contributed by atoms with Gasteiger partial charge in [0.15, 0.2) is 0 Å². The summed E-state index contributed by atoms with van der Waals surface area (Å²) in [4.78, 5) is 2.72. The van der Waals surface area contributed by atoms with Gasteiger partial charge < -0.3 is 20.4 Å². The van der Waals surface area contributed by atoms with Crippen LogP contribution in [0.5, 0.6) is 0 Å². The lowest BCUT2D eigenvalue weighted by Crippen LogP contribution is -2.37. The van der Waals surface area contributed by atoms with Gasteiger partial charge in [0.2, 0.25) is 0 Å². The SMILES string of the molecule is OCN(CO)CCN(CO)CO. The van der Waals surface area contributed by atoms with E-state index < -0.39 is 0 Å². The molecule has 0 aliphatic heterocycles. The van der Waals surface area contributed by atoms with E-state index in [2.05, 4.69) is 0 Å². The van der Waals surface area contributed by atoms with Crippen molar-refractivity contribution in [2.45, 2.75) is 0 Å². The van der Waals surface area contributed by atoms with Crippen molar-refractivity contribution in [3.63, 3.8) is 0 Å². The highest BCUT2D eigenvalue weighted by Gasteiger charge is 2.04. The average Bonchev–Trinajstić information content (AvgIpc) is 2.13. The number of hydrogen-bond donors (Lipinski definition) is 4. The Morgan fingerprint density at radius 3 is 1.00 bits per heavy atom. The van der Waals surface area contributed by atoms with Gasteiger partial charge in [-0.1, -0.05) is 0 Å². The van der Waals surface area contributed by atoms with Crippen LogP contribution in [-0.4, -0.2) is 70.2 Å². The van der Waals surface area contributed by atoms with E-state index in [1.54, 1.807) is 0 Å². The van der Waals surface area contributed by atoms with Crippen molar-refractivity contribution in [2.75, 3.05) is 40.0 Å². The van der Waals surface area contributed by atoms with E-state index in [0.717, 1.165) is 0 Å². The van der Waals surface area contributed by atoms with Crippen molar-refractivity contribution >= 4 is 0 Å². The number of nitrogens with zero attached hydrogens (tertiary/aromatic N) is 2. The minimum atomic E-state index is -0.235. The third kappa shape index (κ3) is 4.60. The van der Waals surface area contributed by atoms with Crippen molar-refractivity contribution in [2.24, 2.45) is 0 Å². The van der Waals surface area contributed by atoms with Gasteiger partial charge in [0.05, 0.1) is 26.9 Å². The maximum atomic E-state index is 8.61. The predicted molar refractivity (Wildman–Crippen MR) is 41.8 cm³/mol. The Labute approximate surface area is 71.3 Å². The summed E-state index contributed by atoms with van der Waals surface area (Å²) in [6.45, 7) is -0.146. The molecule has 0 fully saturated rings. The molecule has 0 atom stereocenters. The van der Waals surface area contributed by atoms with Gasteiger partial charge in [0, 0.05) is 13.1 Å². The number of aliphatic hydroxyl groups excluding tert-OH is 4.